The molecule has 6 nitrogen and oxygen atoms in total. The van der Waals surface area contributed by atoms with Crippen LogP contribution in [-0.4, -0.2) is 61.7 Å². The molecule has 0 aliphatic rings. The van der Waals surface area contributed by atoms with Gasteiger partial charge in [0.2, 0.25) is 0 Å². The van der Waals surface area contributed by atoms with Gasteiger partial charge in [-0.05, 0) is 32.3 Å². The quantitative estimate of drug-likeness (QED) is 0.355. The van der Waals surface area contributed by atoms with E-state index in [-0.39, 0.29) is 24.0 Å². The molecule has 1 heterocycles. The number of halogens is 1. The summed E-state index contributed by atoms with van der Waals surface area (Å²) in [5.41, 5.74) is 2.36. The number of rotatable bonds is 8. The molecule has 0 amide bonds. The van der Waals surface area contributed by atoms with Gasteiger partial charge in [0, 0.05) is 51.7 Å². The van der Waals surface area contributed by atoms with Crippen LogP contribution in [0.1, 0.15) is 11.3 Å². The molecular formula is C20H32IN5O. The number of nitrogens with one attached hydrogen (secondary N) is 1. The first-order valence-corrected chi connectivity index (χ1v) is 8.88. The Hall–Kier alpha value is -1.74. The molecule has 150 valence electrons. The van der Waals surface area contributed by atoms with E-state index in [1.54, 1.807) is 0 Å². The first-order valence-electron chi connectivity index (χ1n) is 8.88. The predicted octanol–water partition coefficient (Wildman–Crippen LogP) is 2.79. The van der Waals surface area contributed by atoms with E-state index in [1.165, 1.54) is 5.69 Å². The third kappa shape index (κ3) is 7.42. The second-order valence-corrected chi connectivity index (χ2v) is 6.63. The Morgan fingerprint density at radius 3 is 2.52 bits per heavy atom. The predicted molar refractivity (Wildman–Crippen MR) is 123 cm³/mol. The summed E-state index contributed by atoms with van der Waals surface area (Å²) in [5.74, 6) is 1.77. The van der Waals surface area contributed by atoms with Crippen LogP contribution in [0.25, 0.3) is 0 Å². The number of aryl methyl sites for hydroxylation is 1. The van der Waals surface area contributed by atoms with Gasteiger partial charge in [-0.3, -0.25) is 4.99 Å². The second kappa shape index (κ2) is 11.9. The summed E-state index contributed by atoms with van der Waals surface area (Å²) in [4.78, 5) is 8.63. The van der Waals surface area contributed by atoms with E-state index in [0.29, 0.717) is 13.2 Å². The zero-order chi connectivity index (χ0) is 18.9. The molecule has 1 aromatic heterocycles. The minimum Gasteiger partial charge on any atom is -0.492 e. The first-order chi connectivity index (χ1) is 12.5. The zero-order valence-corrected chi connectivity index (χ0v) is 19.3. The maximum Gasteiger partial charge on any atom is 0.194 e. The maximum atomic E-state index is 5.94. The summed E-state index contributed by atoms with van der Waals surface area (Å²) in [7, 11) is 10.00. The van der Waals surface area contributed by atoms with Gasteiger partial charge in [-0.25, -0.2) is 0 Å². The van der Waals surface area contributed by atoms with Gasteiger partial charge in [-0.15, -0.1) is 24.0 Å². The molecule has 0 fully saturated rings. The maximum absolute atomic E-state index is 5.94. The third-order valence-electron chi connectivity index (χ3n) is 4.23. The highest BCUT2D eigenvalue weighted by Gasteiger charge is 2.10. The minimum atomic E-state index is 0. The lowest BCUT2D eigenvalue weighted by Crippen LogP contribution is -2.38. The van der Waals surface area contributed by atoms with Crippen LogP contribution in [0.15, 0.2) is 47.6 Å². The number of hydrogen-bond donors (Lipinski definition) is 1. The first kappa shape index (κ1) is 23.3. The van der Waals surface area contributed by atoms with Crippen LogP contribution in [0.2, 0.25) is 0 Å². The van der Waals surface area contributed by atoms with Crippen molar-refractivity contribution in [3.63, 3.8) is 0 Å². The number of nitrogens with zero attached hydrogens (tertiary/aromatic N) is 4. The van der Waals surface area contributed by atoms with Crippen molar-refractivity contribution in [3.05, 3.63) is 53.9 Å². The molecule has 0 unspecified atom stereocenters. The molecule has 0 spiro atoms. The summed E-state index contributed by atoms with van der Waals surface area (Å²) >= 11 is 0. The fourth-order valence-electron chi connectivity index (χ4n) is 2.67. The van der Waals surface area contributed by atoms with Crippen molar-refractivity contribution < 1.29 is 4.74 Å². The molecule has 7 heteroatoms. The summed E-state index contributed by atoms with van der Waals surface area (Å²) in [6, 6.07) is 12.3. The summed E-state index contributed by atoms with van der Waals surface area (Å²) in [6.45, 7) is 3.03. The standard InChI is InChI=1S/C20H31N5O.HI/c1-21-20(25(5)16-18-10-8-12-24(18)4)22-15-17-9-6-7-11-19(17)26-14-13-23(2)3;/h6-12H,13-16H2,1-5H3,(H,21,22);1H. The number of likely N-dealkylation sites (N-methyl/N-ethyl adjacent to an activating group) is 1. The summed E-state index contributed by atoms with van der Waals surface area (Å²) in [6.07, 6.45) is 2.06. The van der Waals surface area contributed by atoms with E-state index >= 15 is 0 Å². The van der Waals surface area contributed by atoms with Gasteiger partial charge < -0.3 is 24.4 Å². The lowest BCUT2D eigenvalue weighted by Gasteiger charge is -2.23. The Morgan fingerprint density at radius 2 is 1.89 bits per heavy atom. The Labute approximate surface area is 180 Å². The van der Waals surface area contributed by atoms with Crippen LogP contribution in [0.5, 0.6) is 5.75 Å². The normalized spacial score (nSPS) is 11.3. The highest BCUT2D eigenvalue weighted by molar-refractivity contribution is 14.0. The Morgan fingerprint density at radius 1 is 1.15 bits per heavy atom. The second-order valence-electron chi connectivity index (χ2n) is 6.63. The molecule has 0 bridgehead atoms. The number of benzene rings is 1. The van der Waals surface area contributed by atoms with Crippen molar-refractivity contribution in [3.8, 4) is 5.75 Å². The molecule has 0 aliphatic carbocycles. The Kier molecular flexibility index (Phi) is 10.2. The van der Waals surface area contributed by atoms with Crippen molar-refractivity contribution >= 4 is 29.9 Å². The average molecular weight is 485 g/mol. The molecule has 0 radical (unpaired) electrons. The monoisotopic (exact) mass is 485 g/mol. The third-order valence-corrected chi connectivity index (χ3v) is 4.23. The SMILES string of the molecule is CN=C(NCc1ccccc1OCCN(C)C)N(C)Cc1cccn1C.I. The van der Waals surface area contributed by atoms with Gasteiger partial charge in [0.15, 0.2) is 5.96 Å². The highest BCUT2D eigenvalue weighted by atomic mass is 127. The molecule has 2 rings (SSSR count). The number of hydrogen-bond acceptors (Lipinski definition) is 3. The number of aromatic nitrogens is 1. The van der Waals surface area contributed by atoms with Gasteiger partial charge in [-0.2, -0.15) is 0 Å². The number of guanidine groups is 1. The van der Waals surface area contributed by atoms with Crippen molar-refractivity contribution in [1.29, 1.82) is 0 Å². The van der Waals surface area contributed by atoms with Gasteiger partial charge in [0.1, 0.15) is 12.4 Å². The van der Waals surface area contributed by atoms with Crippen LogP contribution in [0, 0.1) is 0 Å². The smallest absolute Gasteiger partial charge is 0.194 e. The highest BCUT2D eigenvalue weighted by Crippen LogP contribution is 2.17. The number of ether oxygens (including phenoxy) is 1. The summed E-state index contributed by atoms with van der Waals surface area (Å²) < 4.78 is 8.06. The van der Waals surface area contributed by atoms with E-state index in [4.69, 9.17) is 4.74 Å². The lowest BCUT2D eigenvalue weighted by atomic mass is 10.2. The van der Waals surface area contributed by atoms with E-state index in [2.05, 4.69) is 56.1 Å². The molecular weight excluding hydrogens is 453 g/mol. The van der Waals surface area contributed by atoms with E-state index in [0.717, 1.165) is 30.4 Å². The largest absolute Gasteiger partial charge is 0.492 e. The molecule has 0 saturated heterocycles. The van der Waals surface area contributed by atoms with Crippen molar-refractivity contribution in [2.75, 3.05) is 41.3 Å². The van der Waals surface area contributed by atoms with Crippen LogP contribution >= 0.6 is 24.0 Å². The van der Waals surface area contributed by atoms with E-state index in [9.17, 15) is 0 Å². The van der Waals surface area contributed by atoms with E-state index < -0.39 is 0 Å². The Balaban J connectivity index is 0.00000364. The van der Waals surface area contributed by atoms with Crippen LogP contribution < -0.4 is 10.1 Å². The molecule has 1 N–H and O–H groups in total. The topological polar surface area (TPSA) is 45.0 Å². The fraction of sp³-hybridized carbons (Fsp3) is 0.450. The van der Waals surface area contributed by atoms with Crippen LogP contribution in [-0.2, 0) is 20.1 Å². The molecule has 27 heavy (non-hydrogen) atoms. The lowest BCUT2D eigenvalue weighted by molar-refractivity contribution is 0.259. The molecule has 0 saturated carbocycles. The Bertz CT molecular complexity index is 714. The van der Waals surface area contributed by atoms with Crippen molar-refractivity contribution in [2.45, 2.75) is 13.1 Å². The zero-order valence-electron chi connectivity index (χ0n) is 17.0. The van der Waals surface area contributed by atoms with Gasteiger partial charge >= 0.3 is 0 Å². The fourth-order valence-corrected chi connectivity index (χ4v) is 2.67. The van der Waals surface area contributed by atoms with Crippen molar-refractivity contribution in [2.24, 2.45) is 12.0 Å². The molecule has 1 aromatic carbocycles. The van der Waals surface area contributed by atoms with Crippen LogP contribution in [0.3, 0.4) is 0 Å². The number of para-hydroxylation sites is 1. The molecule has 0 atom stereocenters. The molecule has 0 aliphatic heterocycles. The molecule has 2 aromatic rings. The van der Waals surface area contributed by atoms with Gasteiger partial charge in [-0.1, -0.05) is 18.2 Å². The minimum absolute atomic E-state index is 0. The van der Waals surface area contributed by atoms with E-state index in [1.807, 2.05) is 46.4 Å². The van der Waals surface area contributed by atoms with Gasteiger partial charge in [0.05, 0.1) is 6.54 Å². The van der Waals surface area contributed by atoms with Crippen molar-refractivity contribution in [1.82, 2.24) is 19.7 Å². The number of aliphatic imine (C=N–C) groups is 1. The van der Waals surface area contributed by atoms with Gasteiger partial charge in [0.25, 0.3) is 0 Å². The van der Waals surface area contributed by atoms with Crippen LogP contribution in [0.4, 0.5) is 0 Å². The average Bonchev–Trinajstić information content (AvgIpc) is 3.01. The summed E-state index contributed by atoms with van der Waals surface area (Å²) in [5, 5.41) is 3.43.